The van der Waals surface area contributed by atoms with Gasteiger partial charge in [0.1, 0.15) is 0 Å². The zero-order valence-corrected chi connectivity index (χ0v) is 13.0. The van der Waals surface area contributed by atoms with Crippen LogP contribution in [0.25, 0.3) is 0 Å². The fourth-order valence-corrected chi connectivity index (χ4v) is 3.41. The summed E-state index contributed by atoms with van der Waals surface area (Å²) in [7, 11) is 0. The van der Waals surface area contributed by atoms with Crippen LogP contribution in [0.2, 0.25) is 0 Å². The molecular formula is C13H17BrN2OS. The van der Waals surface area contributed by atoms with Crippen LogP contribution in [0.5, 0.6) is 0 Å². The van der Waals surface area contributed by atoms with E-state index < -0.39 is 6.10 Å². The second-order valence-corrected chi connectivity index (χ2v) is 5.73. The Morgan fingerprint density at radius 1 is 1.50 bits per heavy atom. The summed E-state index contributed by atoms with van der Waals surface area (Å²) in [5.41, 5.74) is 3.12. The molecular weight excluding hydrogens is 312 g/mol. The lowest BCUT2D eigenvalue weighted by Gasteiger charge is -2.10. The third kappa shape index (κ3) is 2.68. The van der Waals surface area contributed by atoms with Crippen LogP contribution in [0.1, 0.15) is 36.9 Å². The molecule has 98 valence electrons. The van der Waals surface area contributed by atoms with E-state index in [1.54, 1.807) is 11.3 Å². The zero-order chi connectivity index (χ0) is 13.1. The molecule has 1 N–H and O–H groups in total. The van der Waals surface area contributed by atoms with Crippen molar-refractivity contribution < 1.29 is 5.11 Å². The second kappa shape index (κ2) is 5.99. The maximum Gasteiger partial charge on any atom is 0.0853 e. The molecule has 2 aromatic rings. The maximum absolute atomic E-state index is 10.2. The van der Waals surface area contributed by atoms with Crippen LogP contribution in [0, 0.1) is 0 Å². The number of hydrogen-bond donors (Lipinski definition) is 1. The normalized spacial score (nSPS) is 12.9. The first-order valence-electron chi connectivity index (χ1n) is 6.11. The van der Waals surface area contributed by atoms with Crippen LogP contribution in [0.15, 0.2) is 21.3 Å². The van der Waals surface area contributed by atoms with Crippen molar-refractivity contribution in [2.75, 3.05) is 0 Å². The summed E-state index contributed by atoms with van der Waals surface area (Å²) < 4.78 is 3.01. The number of aliphatic hydroxyl groups is 1. The van der Waals surface area contributed by atoms with E-state index >= 15 is 0 Å². The lowest BCUT2D eigenvalue weighted by Crippen LogP contribution is -2.08. The van der Waals surface area contributed by atoms with E-state index in [9.17, 15) is 5.11 Å². The molecule has 0 aliphatic carbocycles. The molecule has 2 heterocycles. The smallest absolute Gasteiger partial charge is 0.0853 e. The summed E-state index contributed by atoms with van der Waals surface area (Å²) in [4.78, 5) is 0. The molecule has 0 spiro atoms. The molecule has 3 nitrogen and oxygen atoms in total. The molecule has 0 amide bonds. The lowest BCUT2D eigenvalue weighted by molar-refractivity contribution is 0.175. The number of aromatic nitrogens is 2. The number of rotatable bonds is 5. The van der Waals surface area contributed by atoms with Crippen LogP contribution in [-0.2, 0) is 19.4 Å². The second-order valence-electron chi connectivity index (χ2n) is 4.15. The first-order valence-corrected chi connectivity index (χ1v) is 7.85. The van der Waals surface area contributed by atoms with Crippen LogP contribution in [0.3, 0.4) is 0 Å². The van der Waals surface area contributed by atoms with Crippen LogP contribution in [0.4, 0.5) is 0 Å². The van der Waals surface area contributed by atoms with Crippen LogP contribution >= 0.6 is 27.3 Å². The van der Waals surface area contributed by atoms with Gasteiger partial charge in [-0.25, -0.2) is 0 Å². The highest BCUT2D eigenvalue weighted by molar-refractivity contribution is 9.10. The Labute approximate surface area is 120 Å². The first kappa shape index (κ1) is 13.8. The van der Waals surface area contributed by atoms with Gasteiger partial charge in [0.25, 0.3) is 0 Å². The minimum Gasteiger partial charge on any atom is -0.388 e. The van der Waals surface area contributed by atoms with E-state index in [0.717, 1.165) is 34.4 Å². The van der Waals surface area contributed by atoms with E-state index in [1.165, 1.54) is 0 Å². The number of aliphatic hydroxyl groups excluding tert-OH is 1. The Morgan fingerprint density at radius 3 is 2.83 bits per heavy atom. The van der Waals surface area contributed by atoms with E-state index in [-0.39, 0.29) is 0 Å². The highest BCUT2D eigenvalue weighted by Crippen LogP contribution is 2.28. The highest BCUT2D eigenvalue weighted by atomic mass is 79.9. The molecule has 0 aliphatic heterocycles. The van der Waals surface area contributed by atoms with Crippen molar-refractivity contribution in [1.29, 1.82) is 0 Å². The molecule has 0 aliphatic rings. The van der Waals surface area contributed by atoms with Crippen molar-refractivity contribution in [3.8, 4) is 0 Å². The highest BCUT2D eigenvalue weighted by Gasteiger charge is 2.18. The third-order valence-corrected chi connectivity index (χ3v) is 4.63. The fourth-order valence-electron chi connectivity index (χ4n) is 1.98. The first-order chi connectivity index (χ1) is 8.67. The monoisotopic (exact) mass is 328 g/mol. The van der Waals surface area contributed by atoms with Crippen molar-refractivity contribution in [2.24, 2.45) is 0 Å². The molecule has 2 aromatic heterocycles. The predicted octanol–water partition coefficient (Wildman–Crippen LogP) is 3.57. The summed E-state index contributed by atoms with van der Waals surface area (Å²) in [6.07, 6.45) is 1.03. The summed E-state index contributed by atoms with van der Waals surface area (Å²) in [6.45, 7) is 4.98. The van der Waals surface area contributed by atoms with Gasteiger partial charge in [-0.3, -0.25) is 4.68 Å². The van der Waals surface area contributed by atoms with Crippen molar-refractivity contribution in [3.05, 3.63) is 38.3 Å². The van der Waals surface area contributed by atoms with Crippen LogP contribution < -0.4 is 0 Å². The van der Waals surface area contributed by atoms with Gasteiger partial charge in [-0.05, 0) is 51.7 Å². The van der Waals surface area contributed by atoms with Gasteiger partial charge in [0.2, 0.25) is 0 Å². The molecule has 0 aromatic carbocycles. The van der Waals surface area contributed by atoms with Gasteiger partial charge in [-0.1, -0.05) is 6.92 Å². The summed E-state index contributed by atoms with van der Waals surface area (Å²) in [5.74, 6) is 0. The van der Waals surface area contributed by atoms with Gasteiger partial charge in [0.15, 0.2) is 0 Å². The molecule has 0 fully saturated rings. The Morgan fingerprint density at radius 2 is 2.28 bits per heavy atom. The van der Waals surface area contributed by atoms with Gasteiger partial charge in [0.05, 0.1) is 22.0 Å². The van der Waals surface area contributed by atoms with Crippen molar-refractivity contribution in [2.45, 2.75) is 39.3 Å². The molecule has 0 saturated heterocycles. The number of nitrogens with zero attached hydrogens (tertiary/aromatic N) is 2. The minimum absolute atomic E-state index is 0.459. The molecule has 1 unspecified atom stereocenters. The maximum atomic E-state index is 10.2. The van der Waals surface area contributed by atoms with E-state index in [4.69, 9.17) is 0 Å². The average Bonchev–Trinajstić information content (AvgIpc) is 2.99. The fraction of sp³-hybridized carbons (Fsp3) is 0.462. The summed E-state index contributed by atoms with van der Waals surface area (Å²) >= 11 is 5.21. The SMILES string of the molecule is CCc1nn(CC)c(CC(O)c2ccsc2)c1Br. The number of hydrogen-bond acceptors (Lipinski definition) is 3. The third-order valence-electron chi connectivity index (χ3n) is 3.01. The van der Waals surface area contributed by atoms with Gasteiger partial charge in [-0.2, -0.15) is 16.4 Å². The minimum atomic E-state index is -0.459. The Hall–Kier alpha value is -0.650. The lowest BCUT2D eigenvalue weighted by atomic mass is 10.1. The summed E-state index contributed by atoms with van der Waals surface area (Å²) in [5, 5.41) is 18.8. The molecule has 2 rings (SSSR count). The van der Waals surface area contributed by atoms with Gasteiger partial charge in [0, 0.05) is 13.0 Å². The van der Waals surface area contributed by atoms with Gasteiger partial charge < -0.3 is 5.11 Å². The van der Waals surface area contributed by atoms with E-state index in [2.05, 4.69) is 34.9 Å². The molecule has 5 heteroatoms. The number of halogens is 1. The predicted molar refractivity (Wildman–Crippen MR) is 78.0 cm³/mol. The quantitative estimate of drug-likeness (QED) is 0.911. The molecule has 18 heavy (non-hydrogen) atoms. The summed E-state index contributed by atoms with van der Waals surface area (Å²) in [6, 6.07) is 1.97. The van der Waals surface area contributed by atoms with Gasteiger partial charge >= 0.3 is 0 Å². The van der Waals surface area contributed by atoms with Crippen molar-refractivity contribution in [1.82, 2.24) is 9.78 Å². The van der Waals surface area contributed by atoms with Crippen molar-refractivity contribution >= 4 is 27.3 Å². The molecule has 0 saturated carbocycles. The van der Waals surface area contributed by atoms with E-state index in [0.29, 0.717) is 6.42 Å². The number of aryl methyl sites for hydroxylation is 2. The molecule has 0 bridgehead atoms. The zero-order valence-electron chi connectivity index (χ0n) is 10.6. The Bertz CT molecular complexity index is 507. The number of thiophene rings is 1. The Balaban J connectivity index is 2.25. The van der Waals surface area contributed by atoms with Crippen LogP contribution in [-0.4, -0.2) is 14.9 Å². The van der Waals surface area contributed by atoms with E-state index in [1.807, 2.05) is 21.5 Å². The average molecular weight is 329 g/mol. The molecule has 1 atom stereocenters. The standard InChI is InChI=1S/C13H17BrN2OS/c1-3-10-13(14)11(16(4-2)15-10)7-12(17)9-5-6-18-8-9/h5-6,8,12,17H,3-4,7H2,1-2H3. The topological polar surface area (TPSA) is 38.0 Å². The van der Waals surface area contributed by atoms with Gasteiger partial charge in [-0.15, -0.1) is 0 Å². The largest absolute Gasteiger partial charge is 0.388 e. The van der Waals surface area contributed by atoms with Crippen molar-refractivity contribution in [3.63, 3.8) is 0 Å². The Kier molecular flexibility index (Phi) is 4.59. The molecule has 0 radical (unpaired) electrons.